The van der Waals surface area contributed by atoms with Crippen LogP contribution in [0, 0.1) is 18.3 Å². The van der Waals surface area contributed by atoms with Crippen molar-refractivity contribution in [3.8, 4) is 6.07 Å². The second-order valence-electron chi connectivity index (χ2n) is 5.93. The van der Waals surface area contributed by atoms with Gasteiger partial charge in [0.05, 0.1) is 10.6 Å². The highest BCUT2D eigenvalue weighted by atomic mass is 35.5. The molecule has 0 aliphatic heterocycles. The molecule has 0 saturated heterocycles. The molecule has 0 bridgehead atoms. The first-order valence-electron chi connectivity index (χ1n) is 8.29. The number of alkyl halides is 3. The molecule has 0 heterocycles. The molecule has 8 heteroatoms. The number of rotatable bonds is 5. The Morgan fingerprint density at radius 3 is 2.57 bits per heavy atom. The number of carbonyl (C=O) groups excluding carboxylic acids is 1. The van der Waals surface area contributed by atoms with E-state index in [9.17, 15) is 23.2 Å². The van der Waals surface area contributed by atoms with E-state index in [1.54, 1.807) is 11.0 Å². The molecule has 0 aliphatic carbocycles. The third-order valence-electron chi connectivity index (χ3n) is 3.85. The molecule has 2 aromatic rings. The highest BCUT2D eigenvalue weighted by molar-refractivity contribution is 6.31. The van der Waals surface area contributed by atoms with Crippen LogP contribution in [-0.4, -0.2) is 12.5 Å². The zero-order valence-electron chi connectivity index (χ0n) is 15.1. The molecule has 2 rings (SSSR count). The lowest BCUT2D eigenvalue weighted by atomic mass is 10.1. The van der Waals surface area contributed by atoms with E-state index in [2.05, 4.69) is 5.32 Å². The van der Waals surface area contributed by atoms with Crippen LogP contribution in [0.1, 0.15) is 18.1 Å². The van der Waals surface area contributed by atoms with Crippen molar-refractivity contribution in [2.45, 2.75) is 20.0 Å². The zero-order chi connectivity index (χ0) is 20.9. The van der Waals surface area contributed by atoms with Gasteiger partial charge in [0, 0.05) is 24.1 Å². The predicted molar refractivity (Wildman–Crippen MR) is 103 cm³/mol. The summed E-state index contributed by atoms with van der Waals surface area (Å²) in [7, 11) is 0. The van der Waals surface area contributed by atoms with Crippen LogP contribution in [0.5, 0.6) is 0 Å². The summed E-state index contributed by atoms with van der Waals surface area (Å²) in [5.74, 6) is -0.816. The Morgan fingerprint density at radius 2 is 2.00 bits per heavy atom. The molecule has 0 atom stereocenters. The van der Waals surface area contributed by atoms with Gasteiger partial charge in [-0.05, 0) is 49.7 Å². The largest absolute Gasteiger partial charge is 0.417 e. The second kappa shape index (κ2) is 8.81. The zero-order valence-corrected chi connectivity index (χ0v) is 15.9. The first kappa shape index (κ1) is 21.3. The van der Waals surface area contributed by atoms with E-state index in [1.807, 2.05) is 38.1 Å². The molecule has 0 radical (unpaired) electrons. The molecule has 28 heavy (non-hydrogen) atoms. The maximum absolute atomic E-state index is 13.0. The average Bonchev–Trinajstić information content (AvgIpc) is 2.63. The van der Waals surface area contributed by atoms with Crippen molar-refractivity contribution in [2.75, 3.05) is 16.8 Å². The number of nitrogens with zero attached hydrogens (tertiary/aromatic N) is 2. The van der Waals surface area contributed by atoms with E-state index in [0.717, 1.165) is 23.4 Å². The summed E-state index contributed by atoms with van der Waals surface area (Å²) in [6, 6.07) is 12.3. The summed E-state index contributed by atoms with van der Waals surface area (Å²) in [5, 5.41) is 11.2. The maximum Gasteiger partial charge on any atom is 0.417 e. The lowest BCUT2D eigenvalue weighted by Crippen LogP contribution is -2.21. The van der Waals surface area contributed by atoms with Crippen LogP contribution in [0.25, 0.3) is 0 Å². The number of benzene rings is 2. The fourth-order valence-electron chi connectivity index (χ4n) is 2.47. The van der Waals surface area contributed by atoms with Crippen molar-refractivity contribution in [1.82, 2.24) is 0 Å². The number of aryl methyl sites for hydroxylation is 1. The minimum absolute atomic E-state index is 0.110. The highest BCUT2D eigenvalue weighted by Crippen LogP contribution is 2.36. The van der Waals surface area contributed by atoms with Gasteiger partial charge in [-0.2, -0.15) is 18.4 Å². The number of nitriles is 1. The van der Waals surface area contributed by atoms with E-state index >= 15 is 0 Å². The Balaban J connectivity index is 2.28. The molecule has 0 aliphatic rings. The van der Waals surface area contributed by atoms with Gasteiger partial charge < -0.3 is 10.2 Å². The molecule has 0 fully saturated rings. The molecular weight excluding hydrogens is 391 g/mol. The van der Waals surface area contributed by atoms with Gasteiger partial charge in [-0.1, -0.05) is 23.7 Å². The molecule has 0 unspecified atom stereocenters. The van der Waals surface area contributed by atoms with Gasteiger partial charge in [-0.3, -0.25) is 4.79 Å². The Hall–Kier alpha value is -2.98. The molecular formula is C20H17ClF3N3O. The summed E-state index contributed by atoms with van der Waals surface area (Å²) >= 11 is 5.57. The standard InChI is InChI=1S/C20H17ClF3N3O/c1-3-27(16-6-4-5-13(2)9-16)12-14(11-25)19(28)26-15-7-8-18(21)17(10-15)20(22,23)24/h4-10,12H,3H2,1-2H3,(H,26,28)/b14-12-. The summed E-state index contributed by atoms with van der Waals surface area (Å²) in [4.78, 5) is 14.1. The minimum atomic E-state index is -4.66. The average molecular weight is 408 g/mol. The number of amides is 1. The van der Waals surface area contributed by atoms with Crippen LogP contribution in [0.3, 0.4) is 0 Å². The van der Waals surface area contributed by atoms with Crippen molar-refractivity contribution in [3.05, 3.63) is 70.4 Å². The van der Waals surface area contributed by atoms with Crippen LogP contribution < -0.4 is 10.2 Å². The molecule has 0 aromatic heterocycles. The molecule has 146 valence electrons. The first-order valence-corrected chi connectivity index (χ1v) is 8.66. The third-order valence-corrected chi connectivity index (χ3v) is 4.18. The Morgan fingerprint density at radius 1 is 1.29 bits per heavy atom. The minimum Gasteiger partial charge on any atom is -0.347 e. The van der Waals surface area contributed by atoms with Crippen LogP contribution in [0.15, 0.2) is 54.2 Å². The number of hydrogen-bond donors (Lipinski definition) is 1. The third kappa shape index (κ3) is 5.27. The maximum atomic E-state index is 13.0. The fraction of sp³-hybridized carbons (Fsp3) is 0.200. The Bertz CT molecular complexity index is 948. The summed E-state index contributed by atoms with van der Waals surface area (Å²) in [6.07, 6.45) is -3.29. The van der Waals surface area contributed by atoms with E-state index in [4.69, 9.17) is 11.6 Å². The lowest BCUT2D eigenvalue weighted by molar-refractivity contribution is -0.137. The number of carbonyl (C=O) groups is 1. The van der Waals surface area contributed by atoms with E-state index in [1.165, 1.54) is 12.3 Å². The molecule has 0 spiro atoms. The summed E-state index contributed by atoms with van der Waals surface area (Å²) < 4.78 is 38.9. The van der Waals surface area contributed by atoms with E-state index in [-0.39, 0.29) is 11.3 Å². The normalized spacial score (nSPS) is 11.7. The van der Waals surface area contributed by atoms with E-state index < -0.39 is 22.7 Å². The van der Waals surface area contributed by atoms with Gasteiger partial charge in [0.1, 0.15) is 11.6 Å². The topological polar surface area (TPSA) is 56.1 Å². The SMILES string of the molecule is CCN(/C=C(/C#N)C(=O)Nc1ccc(Cl)c(C(F)(F)F)c1)c1cccc(C)c1. The van der Waals surface area contributed by atoms with Gasteiger partial charge in [-0.15, -0.1) is 0 Å². The van der Waals surface area contributed by atoms with Gasteiger partial charge >= 0.3 is 6.18 Å². The number of nitrogens with one attached hydrogen (secondary N) is 1. The van der Waals surface area contributed by atoms with Crippen molar-refractivity contribution in [1.29, 1.82) is 5.26 Å². The van der Waals surface area contributed by atoms with Crippen LogP contribution in [0.2, 0.25) is 5.02 Å². The molecule has 1 N–H and O–H groups in total. The molecule has 4 nitrogen and oxygen atoms in total. The summed E-state index contributed by atoms with van der Waals surface area (Å²) in [5.41, 5.74) is 0.375. The molecule has 2 aromatic carbocycles. The van der Waals surface area contributed by atoms with Crippen LogP contribution in [0.4, 0.5) is 24.5 Å². The quantitative estimate of drug-likeness (QED) is 0.523. The monoisotopic (exact) mass is 407 g/mol. The van der Waals surface area contributed by atoms with Gasteiger partial charge in [-0.25, -0.2) is 0 Å². The highest BCUT2D eigenvalue weighted by Gasteiger charge is 2.33. The first-order chi connectivity index (χ1) is 13.2. The van der Waals surface area contributed by atoms with Gasteiger partial charge in [0.25, 0.3) is 5.91 Å². The Labute approximate surface area is 165 Å². The smallest absolute Gasteiger partial charge is 0.347 e. The summed E-state index contributed by atoms with van der Waals surface area (Å²) in [6.45, 7) is 4.25. The fourth-order valence-corrected chi connectivity index (χ4v) is 2.69. The van der Waals surface area contributed by atoms with Gasteiger partial charge in [0.15, 0.2) is 0 Å². The van der Waals surface area contributed by atoms with Crippen molar-refractivity contribution in [2.24, 2.45) is 0 Å². The van der Waals surface area contributed by atoms with Crippen molar-refractivity contribution < 1.29 is 18.0 Å². The van der Waals surface area contributed by atoms with Crippen molar-refractivity contribution in [3.63, 3.8) is 0 Å². The Kier molecular flexibility index (Phi) is 6.71. The number of anilines is 2. The van der Waals surface area contributed by atoms with Crippen LogP contribution in [-0.2, 0) is 11.0 Å². The van der Waals surface area contributed by atoms with Crippen molar-refractivity contribution >= 4 is 28.9 Å². The van der Waals surface area contributed by atoms with Crippen LogP contribution >= 0.6 is 11.6 Å². The molecule has 1 amide bonds. The van der Waals surface area contributed by atoms with E-state index in [0.29, 0.717) is 6.54 Å². The number of hydrogen-bond acceptors (Lipinski definition) is 3. The molecule has 0 saturated carbocycles. The lowest BCUT2D eigenvalue weighted by Gasteiger charge is -2.19. The number of halogens is 4. The second-order valence-corrected chi connectivity index (χ2v) is 6.33. The van der Waals surface area contributed by atoms with Gasteiger partial charge in [0.2, 0.25) is 0 Å². The predicted octanol–water partition coefficient (Wildman–Crippen LogP) is 5.54.